The van der Waals surface area contributed by atoms with Crippen LogP contribution in [0.5, 0.6) is 0 Å². The smallest absolute Gasteiger partial charge is 0.295 e. The van der Waals surface area contributed by atoms with Gasteiger partial charge in [0.25, 0.3) is 17.4 Å². The Balaban J connectivity index is 1.76. The summed E-state index contributed by atoms with van der Waals surface area (Å²) in [5.74, 6) is -2.77. The number of Topliss-reactive ketones (excluding diaryl/α,β-unsaturated/α-hetero) is 1. The summed E-state index contributed by atoms with van der Waals surface area (Å²) >= 11 is 0. The van der Waals surface area contributed by atoms with Crippen molar-refractivity contribution >= 4 is 23.1 Å². The molecule has 34 heavy (non-hydrogen) atoms. The highest BCUT2D eigenvalue weighted by atomic mass is 19.1. The number of ketones is 1. The fraction of sp³-hybridized carbons (Fsp3) is 0.208. The van der Waals surface area contributed by atoms with Gasteiger partial charge in [0.1, 0.15) is 11.6 Å². The van der Waals surface area contributed by atoms with Crippen molar-refractivity contribution in [1.82, 2.24) is 14.5 Å². The first-order valence-electron chi connectivity index (χ1n) is 10.5. The molecule has 3 aromatic rings. The van der Waals surface area contributed by atoms with Gasteiger partial charge in [-0.05, 0) is 42.7 Å². The second-order valence-electron chi connectivity index (χ2n) is 7.96. The Kier molecular flexibility index (Phi) is 6.22. The van der Waals surface area contributed by atoms with E-state index in [1.165, 1.54) is 41.3 Å². The Morgan fingerprint density at radius 2 is 1.91 bits per heavy atom. The summed E-state index contributed by atoms with van der Waals surface area (Å²) in [5.41, 5.74) is 0.502. The second-order valence-corrected chi connectivity index (χ2v) is 7.96. The Bertz CT molecular complexity index is 1290. The van der Waals surface area contributed by atoms with Crippen LogP contribution < -0.4 is 0 Å². The molecule has 1 amide bonds. The lowest BCUT2D eigenvalue weighted by atomic mass is 9.94. The maximum Gasteiger partial charge on any atom is 0.295 e. The number of likely N-dealkylation sites (tertiary alicyclic amines) is 1. The number of nitrogens with zero attached hydrogens (tertiary/aromatic N) is 4. The molecule has 1 aliphatic heterocycles. The lowest BCUT2D eigenvalue weighted by molar-refractivity contribution is -0.384. The molecular weight excluding hydrogens is 443 g/mol. The van der Waals surface area contributed by atoms with Crippen molar-refractivity contribution in [3.05, 3.63) is 99.4 Å². The van der Waals surface area contributed by atoms with E-state index in [0.717, 1.165) is 6.07 Å². The number of non-ortho nitro benzene ring substituents is 1. The molecule has 1 fully saturated rings. The Morgan fingerprint density at radius 3 is 2.53 bits per heavy atom. The highest BCUT2D eigenvalue weighted by Crippen LogP contribution is 2.40. The number of aliphatic hydroxyl groups is 1. The van der Waals surface area contributed by atoms with E-state index in [9.17, 15) is 29.2 Å². The second kappa shape index (κ2) is 9.26. The highest BCUT2D eigenvalue weighted by molar-refractivity contribution is 6.46. The number of carbonyl (C=O) groups is 2. The minimum absolute atomic E-state index is 0.0615. The first-order chi connectivity index (χ1) is 16.3. The molecule has 9 nitrogen and oxygen atoms in total. The normalized spacial score (nSPS) is 17.4. The minimum atomic E-state index is -0.979. The average Bonchev–Trinajstić information content (AvgIpc) is 3.43. The predicted molar refractivity (Wildman–Crippen MR) is 120 cm³/mol. The van der Waals surface area contributed by atoms with Gasteiger partial charge in [0.15, 0.2) is 0 Å². The van der Waals surface area contributed by atoms with Gasteiger partial charge in [0.2, 0.25) is 0 Å². The minimum Gasteiger partial charge on any atom is -0.507 e. The summed E-state index contributed by atoms with van der Waals surface area (Å²) in [4.78, 5) is 41.8. The quantitative estimate of drug-likeness (QED) is 0.187. The van der Waals surface area contributed by atoms with Gasteiger partial charge in [-0.3, -0.25) is 19.7 Å². The molecule has 174 valence electrons. The zero-order chi connectivity index (χ0) is 24.4. The van der Waals surface area contributed by atoms with E-state index < -0.39 is 34.2 Å². The summed E-state index contributed by atoms with van der Waals surface area (Å²) in [6, 6.07) is 8.48. The zero-order valence-electron chi connectivity index (χ0n) is 18.2. The fourth-order valence-corrected chi connectivity index (χ4v) is 3.97. The third-order valence-electron chi connectivity index (χ3n) is 5.78. The SMILES string of the molecule is Cc1ccc(/C(O)=C2/C(=O)C(=O)N(CCCn3ccnc3)C2c2ccc([N+](=O)[O-])cc2)cc1F. The largest absolute Gasteiger partial charge is 0.507 e. The molecule has 0 radical (unpaired) electrons. The summed E-state index contributed by atoms with van der Waals surface area (Å²) in [6.07, 6.45) is 5.53. The Labute approximate surface area is 193 Å². The van der Waals surface area contributed by atoms with Crippen LogP contribution >= 0.6 is 0 Å². The maximum absolute atomic E-state index is 14.2. The van der Waals surface area contributed by atoms with Gasteiger partial charge in [0, 0.05) is 43.2 Å². The lowest BCUT2D eigenvalue weighted by Crippen LogP contribution is -2.31. The number of halogens is 1. The molecule has 2 heterocycles. The number of aliphatic hydroxyl groups excluding tert-OH is 1. The number of aromatic nitrogens is 2. The van der Waals surface area contributed by atoms with E-state index in [1.807, 2.05) is 4.57 Å². The number of benzene rings is 2. The maximum atomic E-state index is 14.2. The van der Waals surface area contributed by atoms with Crippen molar-refractivity contribution < 1.29 is 24.0 Å². The average molecular weight is 464 g/mol. The van der Waals surface area contributed by atoms with E-state index in [2.05, 4.69) is 4.98 Å². The van der Waals surface area contributed by atoms with Crippen molar-refractivity contribution in [2.45, 2.75) is 25.9 Å². The Hall–Kier alpha value is -4.34. The number of nitro groups is 1. The molecule has 1 aliphatic rings. The van der Waals surface area contributed by atoms with E-state index in [0.29, 0.717) is 24.1 Å². The van der Waals surface area contributed by atoms with Crippen LogP contribution in [-0.2, 0) is 16.1 Å². The van der Waals surface area contributed by atoms with Gasteiger partial charge < -0.3 is 14.6 Å². The van der Waals surface area contributed by atoms with E-state index in [4.69, 9.17) is 0 Å². The van der Waals surface area contributed by atoms with Crippen LogP contribution in [0.4, 0.5) is 10.1 Å². The van der Waals surface area contributed by atoms with Crippen molar-refractivity contribution in [2.75, 3.05) is 6.54 Å². The van der Waals surface area contributed by atoms with Gasteiger partial charge >= 0.3 is 0 Å². The molecule has 1 saturated heterocycles. The van der Waals surface area contributed by atoms with E-state index >= 15 is 0 Å². The first kappa shape index (κ1) is 22.8. The van der Waals surface area contributed by atoms with Gasteiger partial charge in [-0.15, -0.1) is 0 Å². The molecule has 0 saturated carbocycles. The summed E-state index contributed by atoms with van der Waals surface area (Å²) < 4.78 is 16.0. The summed E-state index contributed by atoms with van der Waals surface area (Å²) in [6.45, 7) is 2.29. The van der Waals surface area contributed by atoms with Crippen molar-refractivity contribution in [2.24, 2.45) is 0 Å². The summed E-state index contributed by atoms with van der Waals surface area (Å²) in [5, 5.41) is 22.1. The zero-order valence-corrected chi connectivity index (χ0v) is 18.2. The molecule has 2 aromatic carbocycles. The number of imidazole rings is 1. The highest BCUT2D eigenvalue weighted by Gasteiger charge is 2.45. The number of aryl methyl sites for hydroxylation is 2. The molecule has 4 rings (SSSR count). The van der Waals surface area contributed by atoms with Crippen LogP contribution in [0.1, 0.15) is 29.2 Å². The number of hydrogen-bond acceptors (Lipinski definition) is 6. The molecule has 1 aromatic heterocycles. The fourth-order valence-electron chi connectivity index (χ4n) is 3.97. The van der Waals surface area contributed by atoms with Crippen LogP contribution in [0.2, 0.25) is 0 Å². The Morgan fingerprint density at radius 1 is 1.18 bits per heavy atom. The molecule has 1 atom stereocenters. The third-order valence-corrected chi connectivity index (χ3v) is 5.78. The monoisotopic (exact) mass is 464 g/mol. The standard InChI is InChI=1S/C24H21FN4O5/c1-15-3-4-17(13-19(15)25)22(30)20-21(16-5-7-18(8-6-16)29(33)34)28(24(32)23(20)31)11-2-10-27-12-9-26-14-27/h3-9,12-14,21,30H,2,10-11H2,1H3/b22-20-. The van der Waals surface area contributed by atoms with Crippen LogP contribution in [0.25, 0.3) is 5.76 Å². The van der Waals surface area contributed by atoms with Crippen molar-refractivity contribution in [1.29, 1.82) is 0 Å². The predicted octanol–water partition coefficient (Wildman–Crippen LogP) is 3.75. The molecule has 1 unspecified atom stereocenters. The molecule has 0 bridgehead atoms. The first-order valence-corrected chi connectivity index (χ1v) is 10.5. The van der Waals surface area contributed by atoms with Crippen LogP contribution in [0.15, 0.2) is 66.8 Å². The molecule has 10 heteroatoms. The van der Waals surface area contributed by atoms with Crippen LogP contribution in [0.3, 0.4) is 0 Å². The van der Waals surface area contributed by atoms with Gasteiger partial charge in [-0.1, -0.05) is 12.1 Å². The molecular formula is C24H21FN4O5. The van der Waals surface area contributed by atoms with Gasteiger partial charge in [-0.25, -0.2) is 9.37 Å². The third kappa shape index (κ3) is 4.29. The van der Waals surface area contributed by atoms with Gasteiger partial charge in [0.05, 0.1) is 22.9 Å². The molecule has 1 N–H and O–H groups in total. The van der Waals surface area contributed by atoms with Crippen molar-refractivity contribution in [3.8, 4) is 0 Å². The van der Waals surface area contributed by atoms with Crippen LogP contribution in [0, 0.1) is 22.9 Å². The van der Waals surface area contributed by atoms with E-state index in [1.54, 1.807) is 25.6 Å². The van der Waals surface area contributed by atoms with E-state index in [-0.39, 0.29) is 23.4 Å². The van der Waals surface area contributed by atoms with Crippen molar-refractivity contribution in [3.63, 3.8) is 0 Å². The molecule has 0 spiro atoms. The van der Waals surface area contributed by atoms with Crippen LogP contribution in [-0.4, -0.2) is 42.7 Å². The molecule has 0 aliphatic carbocycles. The number of carbonyl (C=O) groups excluding carboxylic acids is 2. The number of rotatable bonds is 7. The summed E-state index contributed by atoms with van der Waals surface area (Å²) in [7, 11) is 0. The lowest BCUT2D eigenvalue weighted by Gasteiger charge is -2.25. The number of hydrogen-bond donors (Lipinski definition) is 1. The topological polar surface area (TPSA) is 119 Å². The number of amides is 1. The van der Waals surface area contributed by atoms with Gasteiger partial charge in [-0.2, -0.15) is 0 Å². The number of nitro benzene ring substituents is 1.